The van der Waals surface area contributed by atoms with Crippen molar-refractivity contribution in [3.8, 4) is 11.4 Å². The largest absolute Gasteiger partial charge is 0.494 e. The number of ether oxygens (including phenoxy) is 1. The van der Waals surface area contributed by atoms with Crippen LogP contribution in [0, 0.1) is 0 Å². The van der Waals surface area contributed by atoms with Crippen LogP contribution in [-0.2, 0) is 6.42 Å². The first-order chi connectivity index (χ1) is 17.7. The maximum Gasteiger partial charge on any atom is 0.257 e. The first-order valence-electron chi connectivity index (χ1n) is 12.3. The van der Waals surface area contributed by atoms with E-state index in [1.165, 1.54) is 0 Å². The highest BCUT2D eigenvalue weighted by molar-refractivity contribution is 6.11. The summed E-state index contributed by atoms with van der Waals surface area (Å²) in [6, 6.07) is 25.3. The Balaban J connectivity index is 1.52. The minimum absolute atomic E-state index is 0.267. The Morgan fingerprint density at radius 2 is 1.64 bits per heavy atom. The lowest BCUT2D eigenvalue weighted by molar-refractivity contribution is 0.0956. The van der Waals surface area contributed by atoms with E-state index >= 15 is 0 Å². The van der Waals surface area contributed by atoms with Gasteiger partial charge in [0.15, 0.2) is 5.65 Å². The van der Waals surface area contributed by atoms with Crippen LogP contribution in [0.15, 0.2) is 78.9 Å². The maximum absolute atomic E-state index is 13.4. The van der Waals surface area contributed by atoms with Gasteiger partial charge in [0.2, 0.25) is 0 Å². The van der Waals surface area contributed by atoms with Crippen LogP contribution in [0.2, 0.25) is 0 Å². The lowest BCUT2D eigenvalue weighted by atomic mass is 10.1. The third kappa shape index (κ3) is 4.73. The van der Waals surface area contributed by atoms with Crippen LogP contribution in [0.3, 0.4) is 0 Å². The molecule has 3 N–H and O–H groups in total. The molecule has 1 amide bonds. The summed E-state index contributed by atoms with van der Waals surface area (Å²) in [5, 5.41) is 3.01. The number of rotatable bonds is 9. The van der Waals surface area contributed by atoms with Gasteiger partial charge in [0.1, 0.15) is 22.6 Å². The molecule has 2 heterocycles. The molecule has 0 aliphatic rings. The van der Waals surface area contributed by atoms with Crippen molar-refractivity contribution in [1.29, 1.82) is 0 Å². The fraction of sp³-hybridized carbons (Fsp3) is 0.207. The number of benzene rings is 3. The molecule has 182 valence electrons. The Labute approximate surface area is 209 Å². The average Bonchev–Trinajstić information content (AvgIpc) is 3.19. The Kier molecular flexibility index (Phi) is 6.80. The highest BCUT2D eigenvalue weighted by Crippen LogP contribution is 2.31. The number of fused-ring (bicyclic) bond motifs is 2. The van der Waals surface area contributed by atoms with Gasteiger partial charge < -0.3 is 15.8 Å². The molecule has 0 spiro atoms. The van der Waals surface area contributed by atoms with Gasteiger partial charge in [-0.15, -0.1) is 0 Å². The number of unbranched alkanes of at least 4 members (excludes halogenated alkanes) is 1. The summed E-state index contributed by atoms with van der Waals surface area (Å²) in [6.07, 6.45) is 2.80. The number of aromatic nitrogens is 3. The van der Waals surface area contributed by atoms with Crippen molar-refractivity contribution < 1.29 is 9.53 Å². The number of anilines is 1. The quantitative estimate of drug-likeness (QED) is 0.280. The van der Waals surface area contributed by atoms with Crippen molar-refractivity contribution in [2.24, 2.45) is 0 Å². The fourth-order valence-corrected chi connectivity index (χ4v) is 4.23. The Bertz CT molecular complexity index is 1490. The molecule has 0 saturated carbocycles. The predicted molar refractivity (Wildman–Crippen MR) is 144 cm³/mol. The highest BCUT2D eigenvalue weighted by Gasteiger charge is 2.24. The Hall–Kier alpha value is -4.39. The van der Waals surface area contributed by atoms with Gasteiger partial charge in [0.25, 0.3) is 5.91 Å². The minimum Gasteiger partial charge on any atom is -0.494 e. The molecule has 36 heavy (non-hydrogen) atoms. The zero-order chi connectivity index (χ0) is 24.9. The van der Waals surface area contributed by atoms with E-state index in [1.807, 2.05) is 78.9 Å². The molecule has 2 aromatic heterocycles. The summed E-state index contributed by atoms with van der Waals surface area (Å²) < 4.78 is 7.59. The number of hydrogen-bond acceptors (Lipinski definition) is 5. The van der Waals surface area contributed by atoms with Gasteiger partial charge >= 0.3 is 0 Å². The summed E-state index contributed by atoms with van der Waals surface area (Å²) in [7, 11) is 0. The molecule has 0 radical (unpaired) electrons. The summed E-state index contributed by atoms with van der Waals surface area (Å²) in [6.45, 7) is 3.29. The van der Waals surface area contributed by atoms with Crippen LogP contribution >= 0.6 is 0 Å². The second-order valence-corrected chi connectivity index (χ2v) is 8.67. The number of nitrogens with two attached hydrogens (primary N) is 1. The van der Waals surface area contributed by atoms with E-state index in [0.717, 1.165) is 41.8 Å². The lowest BCUT2D eigenvalue weighted by Crippen LogP contribution is -2.26. The van der Waals surface area contributed by atoms with Gasteiger partial charge in [0, 0.05) is 12.2 Å². The predicted octanol–water partition coefficient (Wildman–Crippen LogP) is 5.31. The Morgan fingerprint density at radius 1 is 0.944 bits per heavy atom. The number of carbonyl (C=O) groups excluding carboxylic acids is 1. The molecular weight excluding hydrogens is 450 g/mol. The van der Waals surface area contributed by atoms with Gasteiger partial charge in [-0.1, -0.05) is 55.8 Å². The number of hydrogen-bond donors (Lipinski definition) is 2. The maximum atomic E-state index is 13.4. The number of carbonyl (C=O) groups is 1. The summed E-state index contributed by atoms with van der Waals surface area (Å²) in [5.41, 5.74) is 11.4. The third-order valence-electron chi connectivity index (χ3n) is 6.13. The number of nitrogen functional groups attached to an aromatic ring is 1. The summed E-state index contributed by atoms with van der Waals surface area (Å²) in [4.78, 5) is 23.0. The van der Waals surface area contributed by atoms with Crippen molar-refractivity contribution in [2.75, 3.05) is 18.9 Å². The van der Waals surface area contributed by atoms with E-state index in [-0.39, 0.29) is 5.91 Å². The molecule has 0 aliphatic heterocycles. The third-order valence-corrected chi connectivity index (χ3v) is 6.13. The first kappa shape index (κ1) is 23.4. The molecule has 3 aromatic carbocycles. The summed E-state index contributed by atoms with van der Waals surface area (Å²) in [5.74, 6) is 0.825. The van der Waals surface area contributed by atoms with Crippen LogP contribution in [0.5, 0.6) is 5.75 Å². The van der Waals surface area contributed by atoms with Crippen molar-refractivity contribution in [2.45, 2.75) is 26.2 Å². The molecule has 0 bridgehead atoms. The van der Waals surface area contributed by atoms with Gasteiger partial charge in [-0.2, -0.15) is 0 Å². The Morgan fingerprint density at radius 3 is 2.36 bits per heavy atom. The molecular formula is C29H29N5O2. The van der Waals surface area contributed by atoms with Crippen LogP contribution in [0.1, 0.15) is 35.7 Å². The number of amides is 1. The van der Waals surface area contributed by atoms with Crippen LogP contribution in [0.25, 0.3) is 27.9 Å². The topological polar surface area (TPSA) is 95.1 Å². The highest BCUT2D eigenvalue weighted by atomic mass is 16.5. The molecule has 5 aromatic rings. The molecule has 7 nitrogen and oxygen atoms in total. The summed E-state index contributed by atoms with van der Waals surface area (Å²) >= 11 is 0. The SMILES string of the molecule is CCCCOc1ccc(-n2c(N)c(C(=O)NCCc3ccccc3)c3nc4ccccc4nc32)cc1. The zero-order valence-electron chi connectivity index (χ0n) is 20.3. The molecule has 0 atom stereocenters. The van der Waals surface area contributed by atoms with Crippen molar-refractivity contribution in [1.82, 2.24) is 19.9 Å². The normalized spacial score (nSPS) is 11.1. The first-order valence-corrected chi connectivity index (χ1v) is 12.3. The zero-order valence-corrected chi connectivity index (χ0v) is 20.3. The van der Waals surface area contributed by atoms with E-state index in [9.17, 15) is 4.79 Å². The van der Waals surface area contributed by atoms with Gasteiger partial charge in [-0.05, 0) is 54.8 Å². The second-order valence-electron chi connectivity index (χ2n) is 8.67. The van der Waals surface area contributed by atoms with E-state index in [2.05, 4.69) is 12.2 Å². The van der Waals surface area contributed by atoms with Crippen LogP contribution < -0.4 is 15.8 Å². The molecule has 0 saturated heterocycles. The van der Waals surface area contributed by atoms with E-state index < -0.39 is 0 Å². The number of para-hydroxylation sites is 2. The fourth-order valence-electron chi connectivity index (χ4n) is 4.23. The standard InChI is InChI=1S/C29H29N5O2/c1-2-3-19-36-22-15-13-21(14-16-22)34-27(30)25(29(35)31-18-17-20-9-5-4-6-10-20)26-28(34)33-24-12-8-7-11-23(24)32-26/h4-16H,2-3,17-19,30H2,1H3,(H,31,35). The molecule has 0 unspecified atom stereocenters. The monoisotopic (exact) mass is 479 g/mol. The van der Waals surface area contributed by atoms with E-state index in [0.29, 0.717) is 41.2 Å². The second kappa shape index (κ2) is 10.5. The van der Waals surface area contributed by atoms with Crippen molar-refractivity contribution in [3.63, 3.8) is 0 Å². The van der Waals surface area contributed by atoms with E-state index in [1.54, 1.807) is 4.57 Å². The van der Waals surface area contributed by atoms with Gasteiger partial charge in [-0.3, -0.25) is 9.36 Å². The van der Waals surface area contributed by atoms with Crippen LogP contribution in [0.4, 0.5) is 5.82 Å². The van der Waals surface area contributed by atoms with Crippen molar-refractivity contribution in [3.05, 3.63) is 90.0 Å². The minimum atomic E-state index is -0.267. The molecule has 7 heteroatoms. The smallest absolute Gasteiger partial charge is 0.257 e. The van der Waals surface area contributed by atoms with Crippen molar-refractivity contribution >= 4 is 33.9 Å². The van der Waals surface area contributed by atoms with Gasteiger partial charge in [0.05, 0.1) is 17.6 Å². The average molecular weight is 480 g/mol. The van der Waals surface area contributed by atoms with Crippen LogP contribution in [-0.4, -0.2) is 33.6 Å². The lowest BCUT2D eigenvalue weighted by Gasteiger charge is -2.10. The molecule has 5 rings (SSSR count). The number of nitrogens with one attached hydrogen (secondary N) is 1. The molecule has 0 fully saturated rings. The molecule has 0 aliphatic carbocycles. The number of nitrogens with zero attached hydrogens (tertiary/aromatic N) is 3. The van der Waals surface area contributed by atoms with Gasteiger partial charge in [-0.25, -0.2) is 9.97 Å². The van der Waals surface area contributed by atoms with E-state index in [4.69, 9.17) is 20.4 Å².